The van der Waals surface area contributed by atoms with Crippen LogP contribution >= 0.6 is 0 Å². The molecular weight excluding hydrogens is 404 g/mol. The van der Waals surface area contributed by atoms with Crippen LogP contribution in [0, 0.1) is 0 Å². The van der Waals surface area contributed by atoms with E-state index in [1.54, 1.807) is 10.9 Å². The topological polar surface area (TPSA) is 82.2 Å². The first-order valence-corrected chi connectivity index (χ1v) is 10.6. The van der Waals surface area contributed by atoms with Crippen molar-refractivity contribution < 1.29 is 13.9 Å². The van der Waals surface area contributed by atoms with Crippen LogP contribution in [0.1, 0.15) is 36.1 Å². The van der Waals surface area contributed by atoms with Gasteiger partial charge >= 0.3 is 0 Å². The summed E-state index contributed by atoms with van der Waals surface area (Å²) in [6.07, 6.45) is 4.23. The van der Waals surface area contributed by atoms with Crippen LogP contribution in [0.3, 0.4) is 0 Å². The van der Waals surface area contributed by atoms with Crippen molar-refractivity contribution in [1.29, 1.82) is 0 Å². The summed E-state index contributed by atoms with van der Waals surface area (Å²) in [7, 11) is 0. The van der Waals surface area contributed by atoms with Crippen LogP contribution in [0.2, 0.25) is 0 Å². The number of hydrogen-bond acceptors (Lipinski definition) is 6. The number of aromatic nitrogens is 3. The molecule has 0 radical (unpaired) electrons. The summed E-state index contributed by atoms with van der Waals surface area (Å²) in [5.74, 6) is 3.00. The van der Waals surface area contributed by atoms with E-state index in [1.165, 1.54) is 6.33 Å². The van der Waals surface area contributed by atoms with E-state index in [-0.39, 0.29) is 17.7 Å². The molecule has 0 amide bonds. The molecule has 2 aliphatic rings. The van der Waals surface area contributed by atoms with E-state index >= 15 is 0 Å². The molecule has 1 N–H and O–H groups in total. The molecule has 2 atom stereocenters. The van der Waals surface area contributed by atoms with Crippen LogP contribution in [0.25, 0.3) is 0 Å². The molecule has 2 aromatic heterocycles. The van der Waals surface area contributed by atoms with Crippen molar-refractivity contribution in [2.75, 3.05) is 5.32 Å². The lowest BCUT2D eigenvalue weighted by atomic mass is 9.79. The second kappa shape index (κ2) is 7.53. The SMILES string of the molecule is O=C1C[C@@H](c2ccco2)CC2=C1[C@@H](c1cccc(Oc3ccccc3)c1)n1ncnc1N2. The van der Waals surface area contributed by atoms with Gasteiger partial charge in [0.05, 0.1) is 6.26 Å². The summed E-state index contributed by atoms with van der Waals surface area (Å²) < 4.78 is 13.4. The normalized spacial score (nSPS) is 19.8. The monoisotopic (exact) mass is 424 g/mol. The number of furan rings is 1. The Labute approximate surface area is 184 Å². The van der Waals surface area contributed by atoms with Gasteiger partial charge in [-0.3, -0.25) is 4.79 Å². The van der Waals surface area contributed by atoms with E-state index < -0.39 is 0 Å². The number of nitrogens with one attached hydrogen (secondary N) is 1. The molecule has 0 spiro atoms. The highest BCUT2D eigenvalue weighted by Crippen LogP contribution is 2.44. The quantitative estimate of drug-likeness (QED) is 0.492. The first-order chi connectivity index (χ1) is 15.8. The molecule has 0 fully saturated rings. The molecule has 0 saturated heterocycles. The largest absolute Gasteiger partial charge is 0.469 e. The second-order valence-corrected chi connectivity index (χ2v) is 7.98. The molecule has 32 heavy (non-hydrogen) atoms. The van der Waals surface area contributed by atoms with Crippen molar-refractivity contribution in [3.8, 4) is 11.5 Å². The standard InChI is InChI=1S/C25H20N4O3/c30-21-14-17(22-10-5-11-31-22)13-20-23(21)24(29-25(28-20)26-15-27-29)16-6-4-9-19(12-16)32-18-7-2-1-3-8-18/h1-12,15,17,24H,13-14H2,(H,26,27,28)/t17-,24+/m0/s1. The minimum absolute atomic E-state index is 0.00613. The number of rotatable bonds is 4. The minimum atomic E-state index is -0.367. The predicted molar refractivity (Wildman–Crippen MR) is 117 cm³/mol. The molecule has 6 rings (SSSR count). The fourth-order valence-corrected chi connectivity index (χ4v) is 4.56. The Bertz CT molecular complexity index is 1310. The summed E-state index contributed by atoms with van der Waals surface area (Å²) in [6.45, 7) is 0. The lowest BCUT2D eigenvalue weighted by molar-refractivity contribution is -0.117. The number of allylic oxidation sites excluding steroid dienone is 2. The van der Waals surface area contributed by atoms with E-state index in [2.05, 4.69) is 15.4 Å². The van der Waals surface area contributed by atoms with Gasteiger partial charge in [0, 0.05) is 23.6 Å². The van der Waals surface area contributed by atoms with Gasteiger partial charge in [-0.05, 0) is 48.4 Å². The zero-order valence-corrected chi connectivity index (χ0v) is 17.1. The fourth-order valence-electron chi connectivity index (χ4n) is 4.56. The van der Waals surface area contributed by atoms with Crippen molar-refractivity contribution in [2.45, 2.75) is 24.8 Å². The Morgan fingerprint density at radius 2 is 1.88 bits per heavy atom. The summed E-state index contributed by atoms with van der Waals surface area (Å²) >= 11 is 0. The number of ether oxygens (including phenoxy) is 1. The van der Waals surface area contributed by atoms with Gasteiger partial charge in [0.2, 0.25) is 5.95 Å². The molecule has 1 aliphatic heterocycles. The molecule has 7 nitrogen and oxygen atoms in total. The van der Waals surface area contributed by atoms with Crippen molar-refractivity contribution in [1.82, 2.24) is 14.8 Å². The van der Waals surface area contributed by atoms with Gasteiger partial charge in [0.25, 0.3) is 0 Å². The van der Waals surface area contributed by atoms with Gasteiger partial charge in [-0.25, -0.2) is 4.68 Å². The molecule has 7 heteroatoms. The van der Waals surface area contributed by atoms with Gasteiger partial charge in [-0.2, -0.15) is 10.1 Å². The molecule has 1 aliphatic carbocycles. The smallest absolute Gasteiger partial charge is 0.226 e. The van der Waals surface area contributed by atoms with Crippen molar-refractivity contribution in [2.24, 2.45) is 0 Å². The Hall–Kier alpha value is -4.13. The zero-order valence-electron chi connectivity index (χ0n) is 17.1. The van der Waals surface area contributed by atoms with E-state index in [9.17, 15) is 4.79 Å². The Balaban J connectivity index is 1.40. The van der Waals surface area contributed by atoms with E-state index in [0.717, 1.165) is 28.3 Å². The highest BCUT2D eigenvalue weighted by molar-refractivity contribution is 6.00. The molecule has 0 bridgehead atoms. The number of ketones is 1. The third kappa shape index (κ3) is 3.19. The van der Waals surface area contributed by atoms with E-state index in [1.807, 2.05) is 66.7 Å². The summed E-state index contributed by atoms with van der Waals surface area (Å²) in [6, 6.07) is 20.8. The zero-order chi connectivity index (χ0) is 21.5. The van der Waals surface area contributed by atoms with Crippen molar-refractivity contribution in [3.05, 3.63) is 102 Å². The number of carbonyl (C=O) groups is 1. The number of para-hydroxylation sites is 1. The number of carbonyl (C=O) groups excluding carboxylic acids is 1. The molecule has 0 unspecified atom stereocenters. The second-order valence-electron chi connectivity index (χ2n) is 7.98. The highest BCUT2D eigenvalue weighted by Gasteiger charge is 2.40. The number of anilines is 1. The molecular formula is C25H20N4O3. The maximum Gasteiger partial charge on any atom is 0.226 e. The minimum Gasteiger partial charge on any atom is -0.469 e. The number of Topliss-reactive ketones (excluding diaryl/α,β-unsaturated/α-hetero) is 1. The van der Waals surface area contributed by atoms with Gasteiger partial charge in [0.15, 0.2) is 5.78 Å². The van der Waals surface area contributed by atoms with Gasteiger partial charge in [-0.15, -0.1) is 0 Å². The summed E-state index contributed by atoms with van der Waals surface area (Å²) in [4.78, 5) is 17.8. The molecule has 158 valence electrons. The first-order valence-electron chi connectivity index (χ1n) is 10.6. The van der Waals surface area contributed by atoms with Crippen LogP contribution < -0.4 is 10.1 Å². The number of benzene rings is 2. The summed E-state index contributed by atoms with van der Waals surface area (Å²) in [5.41, 5.74) is 2.52. The molecule has 3 heterocycles. The van der Waals surface area contributed by atoms with Crippen LogP contribution in [0.4, 0.5) is 5.95 Å². The van der Waals surface area contributed by atoms with Crippen molar-refractivity contribution >= 4 is 11.7 Å². The van der Waals surface area contributed by atoms with Gasteiger partial charge in [-0.1, -0.05) is 30.3 Å². The molecule has 0 saturated carbocycles. The maximum absolute atomic E-state index is 13.4. The maximum atomic E-state index is 13.4. The average Bonchev–Trinajstić information content (AvgIpc) is 3.51. The van der Waals surface area contributed by atoms with E-state index in [0.29, 0.717) is 24.5 Å². The summed E-state index contributed by atoms with van der Waals surface area (Å²) in [5, 5.41) is 7.75. The third-order valence-electron chi connectivity index (χ3n) is 5.96. The Morgan fingerprint density at radius 1 is 1.00 bits per heavy atom. The third-order valence-corrected chi connectivity index (χ3v) is 5.96. The van der Waals surface area contributed by atoms with E-state index in [4.69, 9.17) is 9.15 Å². The number of nitrogens with zero attached hydrogens (tertiary/aromatic N) is 3. The Morgan fingerprint density at radius 3 is 2.72 bits per heavy atom. The first kappa shape index (κ1) is 18.6. The molecule has 4 aromatic rings. The lowest BCUT2D eigenvalue weighted by Crippen LogP contribution is -2.33. The Kier molecular flexibility index (Phi) is 4.38. The fraction of sp³-hybridized carbons (Fsp3) is 0.160. The number of fused-ring (bicyclic) bond motifs is 1. The van der Waals surface area contributed by atoms with Gasteiger partial charge in [0.1, 0.15) is 29.6 Å². The average molecular weight is 424 g/mol. The molecule has 2 aromatic carbocycles. The number of hydrogen-bond donors (Lipinski definition) is 1. The van der Waals surface area contributed by atoms with Crippen LogP contribution in [0.5, 0.6) is 11.5 Å². The van der Waals surface area contributed by atoms with Crippen molar-refractivity contribution in [3.63, 3.8) is 0 Å². The van der Waals surface area contributed by atoms with Crippen LogP contribution in [-0.2, 0) is 4.79 Å². The van der Waals surface area contributed by atoms with Gasteiger partial charge < -0.3 is 14.5 Å². The lowest BCUT2D eigenvalue weighted by Gasteiger charge is -2.34. The highest BCUT2D eigenvalue weighted by atomic mass is 16.5. The predicted octanol–water partition coefficient (Wildman–Crippen LogP) is 5.08. The van der Waals surface area contributed by atoms with Crippen LogP contribution in [0.15, 0.2) is 95.0 Å². The van der Waals surface area contributed by atoms with Crippen LogP contribution in [-0.4, -0.2) is 20.5 Å².